The maximum Gasteiger partial charge on any atom is 0.273 e. The number of carbonyl (C=O) groups is 1. The fourth-order valence-electron chi connectivity index (χ4n) is 3.34. The summed E-state index contributed by atoms with van der Waals surface area (Å²) in [6.45, 7) is 3.86. The van der Waals surface area contributed by atoms with Crippen LogP contribution in [0.15, 0.2) is 23.6 Å². The highest BCUT2D eigenvalue weighted by molar-refractivity contribution is 7.13. The normalized spacial score (nSPS) is 22.7. The molecule has 4 rings (SSSR count). The number of likely N-dealkylation sites (tertiary alicyclic amines) is 1. The molecule has 6 nitrogen and oxygen atoms in total. The highest BCUT2D eigenvalue weighted by Crippen LogP contribution is 2.35. The number of aromatic nitrogens is 1. The second kappa shape index (κ2) is 6.65. The minimum absolute atomic E-state index is 0.0144. The predicted octanol–water partition coefficient (Wildman–Crippen LogP) is 2.53. The Hall–Kier alpha value is -2.12. The molecule has 2 N–H and O–H groups in total. The van der Waals surface area contributed by atoms with Gasteiger partial charge in [0.05, 0.1) is 0 Å². The summed E-state index contributed by atoms with van der Waals surface area (Å²) in [5.41, 5.74) is 7.42. The Morgan fingerprint density at radius 2 is 2.12 bits per heavy atom. The SMILES string of the molecule is C[C@@H]1C[C@H](N)CCN1C(=O)c1csc(-c2ccc3c(c2)OCCO3)n1. The molecule has 0 saturated carbocycles. The van der Waals surface area contributed by atoms with Crippen LogP contribution in [0.3, 0.4) is 0 Å². The highest BCUT2D eigenvalue weighted by atomic mass is 32.1. The number of hydrogen-bond acceptors (Lipinski definition) is 6. The fourth-order valence-corrected chi connectivity index (χ4v) is 4.13. The molecule has 25 heavy (non-hydrogen) atoms. The molecular weight excluding hydrogens is 338 g/mol. The van der Waals surface area contributed by atoms with E-state index in [9.17, 15) is 4.79 Å². The van der Waals surface area contributed by atoms with Crippen LogP contribution in [0.2, 0.25) is 0 Å². The molecule has 132 valence electrons. The van der Waals surface area contributed by atoms with Gasteiger partial charge in [-0.2, -0.15) is 0 Å². The van der Waals surface area contributed by atoms with Crippen LogP contribution in [0.4, 0.5) is 0 Å². The van der Waals surface area contributed by atoms with Crippen LogP contribution in [0.1, 0.15) is 30.3 Å². The molecule has 0 spiro atoms. The molecule has 0 bridgehead atoms. The molecule has 1 saturated heterocycles. The van der Waals surface area contributed by atoms with Crippen LogP contribution >= 0.6 is 11.3 Å². The minimum Gasteiger partial charge on any atom is -0.486 e. The van der Waals surface area contributed by atoms with Crippen molar-refractivity contribution in [2.75, 3.05) is 19.8 Å². The van der Waals surface area contributed by atoms with Crippen LogP contribution in [-0.2, 0) is 0 Å². The van der Waals surface area contributed by atoms with Gasteiger partial charge in [-0.15, -0.1) is 11.3 Å². The van der Waals surface area contributed by atoms with Crippen molar-refractivity contribution in [1.82, 2.24) is 9.88 Å². The molecule has 2 atom stereocenters. The monoisotopic (exact) mass is 359 g/mol. The number of rotatable bonds is 2. The van der Waals surface area contributed by atoms with Crippen LogP contribution in [0, 0.1) is 0 Å². The molecule has 0 radical (unpaired) electrons. The zero-order valence-corrected chi connectivity index (χ0v) is 14.9. The van der Waals surface area contributed by atoms with Gasteiger partial charge in [0.15, 0.2) is 11.5 Å². The van der Waals surface area contributed by atoms with E-state index in [0.717, 1.165) is 34.9 Å². The van der Waals surface area contributed by atoms with Crippen LogP contribution in [0.5, 0.6) is 11.5 Å². The van der Waals surface area contributed by atoms with E-state index in [1.54, 1.807) is 0 Å². The van der Waals surface area contributed by atoms with Gasteiger partial charge < -0.3 is 20.1 Å². The van der Waals surface area contributed by atoms with E-state index in [0.29, 0.717) is 25.5 Å². The fraction of sp³-hybridized carbons (Fsp3) is 0.444. The quantitative estimate of drug-likeness (QED) is 0.891. The number of piperidine rings is 1. The topological polar surface area (TPSA) is 77.7 Å². The first kappa shape index (κ1) is 16.4. The number of benzene rings is 1. The Labute approximate surface area is 150 Å². The zero-order valence-electron chi connectivity index (χ0n) is 14.1. The van der Waals surface area contributed by atoms with E-state index in [-0.39, 0.29) is 18.0 Å². The molecule has 2 aliphatic heterocycles. The van der Waals surface area contributed by atoms with Crippen molar-refractivity contribution in [3.63, 3.8) is 0 Å². The van der Waals surface area contributed by atoms with Crippen molar-refractivity contribution in [2.24, 2.45) is 5.73 Å². The summed E-state index contributed by atoms with van der Waals surface area (Å²) in [7, 11) is 0. The van der Waals surface area contributed by atoms with Crippen molar-refractivity contribution in [3.8, 4) is 22.1 Å². The molecule has 3 heterocycles. The second-order valence-corrected chi connectivity index (χ2v) is 7.39. The molecule has 1 aromatic heterocycles. The van der Waals surface area contributed by atoms with Crippen molar-refractivity contribution in [2.45, 2.75) is 31.8 Å². The van der Waals surface area contributed by atoms with Gasteiger partial charge in [-0.05, 0) is 38.0 Å². The lowest BCUT2D eigenvalue weighted by Gasteiger charge is -2.35. The first-order valence-electron chi connectivity index (χ1n) is 8.54. The lowest BCUT2D eigenvalue weighted by Crippen LogP contribution is -2.48. The van der Waals surface area contributed by atoms with Gasteiger partial charge in [0.25, 0.3) is 5.91 Å². The number of nitrogens with two attached hydrogens (primary N) is 1. The van der Waals surface area contributed by atoms with Gasteiger partial charge in [0.1, 0.15) is 23.9 Å². The van der Waals surface area contributed by atoms with Gasteiger partial charge in [-0.3, -0.25) is 4.79 Å². The molecular formula is C18H21N3O3S. The summed E-state index contributed by atoms with van der Waals surface area (Å²) in [5.74, 6) is 1.46. The number of amides is 1. The van der Waals surface area contributed by atoms with Crippen LogP contribution in [-0.4, -0.2) is 47.6 Å². The van der Waals surface area contributed by atoms with Gasteiger partial charge in [0, 0.05) is 29.6 Å². The summed E-state index contributed by atoms with van der Waals surface area (Å²) in [6.07, 6.45) is 1.68. The van der Waals surface area contributed by atoms with Gasteiger partial charge in [-0.25, -0.2) is 4.98 Å². The molecule has 0 unspecified atom stereocenters. The second-order valence-electron chi connectivity index (χ2n) is 6.53. The maximum absolute atomic E-state index is 12.8. The van der Waals surface area contributed by atoms with E-state index in [2.05, 4.69) is 4.98 Å². The Morgan fingerprint density at radius 1 is 1.32 bits per heavy atom. The lowest BCUT2D eigenvalue weighted by molar-refractivity contribution is 0.0614. The van der Waals surface area contributed by atoms with Crippen molar-refractivity contribution >= 4 is 17.2 Å². The number of carbonyl (C=O) groups excluding carboxylic acids is 1. The lowest BCUT2D eigenvalue weighted by atomic mass is 9.99. The third kappa shape index (κ3) is 3.21. The molecule has 1 amide bonds. The first-order chi connectivity index (χ1) is 12.1. The molecule has 1 aromatic carbocycles. The molecule has 1 fully saturated rings. The van der Waals surface area contributed by atoms with Gasteiger partial charge >= 0.3 is 0 Å². The number of thiazole rings is 1. The zero-order chi connectivity index (χ0) is 17.4. The van der Waals surface area contributed by atoms with E-state index in [4.69, 9.17) is 15.2 Å². The summed E-state index contributed by atoms with van der Waals surface area (Å²) >= 11 is 1.47. The van der Waals surface area contributed by atoms with Gasteiger partial charge in [0.2, 0.25) is 0 Å². The highest BCUT2D eigenvalue weighted by Gasteiger charge is 2.29. The van der Waals surface area contributed by atoms with Crippen molar-refractivity contribution in [3.05, 3.63) is 29.3 Å². The van der Waals surface area contributed by atoms with Crippen LogP contribution < -0.4 is 15.2 Å². The number of nitrogens with zero attached hydrogens (tertiary/aromatic N) is 2. The average Bonchev–Trinajstić information content (AvgIpc) is 3.11. The third-order valence-corrected chi connectivity index (χ3v) is 5.58. The van der Waals surface area contributed by atoms with E-state index in [1.165, 1.54) is 11.3 Å². The Morgan fingerprint density at radius 3 is 2.92 bits per heavy atom. The summed E-state index contributed by atoms with van der Waals surface area (Å²) < 4.78 is 11.2. The van der Waals surface area contributed by atoms with E-state index in [1.807, 2.05) is 35.4 Å². The molecule has 2 aliphatic rings. The Bertz CT molecular complexity index is 792. The summed E-state index contributed by atoms with van der Waals surface area (Å²) in [4.78, 5) is 19.2. The average molecular weight is 359 g/mol. The number of ether oxygens (including phenoxy) is 2. The standard InChI is InChI=1S/C18H21N3O3S/c1-11-8-13(19)4-5-21(11)18(22)14-10-25-17(20-14)12-2-3-15-16(9-12)24-7-6-23-15/h2-3,9-11,13H,4-8,19H2,1H3/t11-,13-/m1/s1. The van der Waals surface area contributed by atoms with Gasteiger partial charge in [-0.1, -0.05) is 0 Å². The predicted molar refractivity (Wildman–Crippen MR) is 96.2 cm³/mol. The number of fused-ring (bicyclic) bond motifs is 1. The van der Waals surface area contributed by atoms with Crippen molar-refractivity contribution < 1.29 is 14.3 Å². The van der Waals surface area contributed by atoms with Crippen LogP contribution in [0.25, 0.3) is 10.6 Å². The maximum atomic E-state index is 12.8. The first-order valence-corrected chi connectivity index (χ1v) is 9.42. The Kier molecular flexibility index (Phi) is 4.35. The molecule has 0 aliphatic carbocycles. The Balaban J connectivity index is 1.55. The molecule has 7 heteroatoms. The minimum atomic E-state index is -0.0144. The number of hydrogen-bond donors (Lipinski definition) is 1. The largest absolute Gasteiger partial charge is 0.486 e. The smallest absolute Gasteiger partial charge is 0.273 e. The third-order valence-electron chi connectivity index (χ3n) is 4.69. The molecule has 2 aromatic rings. The van der Waals surface area contributed by atoms with Crippen molar-refractivity contribution in [1.29, 1.82) is 0 Å². The van der Waals surface area contributed by atoms with E-state index >= 15 is 0 Å². The van der Waals surface area contributed by atoms with E-state index < -0.39 is 0 Å². The summed E-state index contributed by atoms with van der Waals surface area (Å²) in [5, 5.41) is 2.64. The summed E-state index contributed by atoms with van der Waals surface area (Å²) in [6, 6.07) is 6.09.